The maximum Gasteiger partial charge on any atom is 0.310 e. The second-order valence-electron chi connectivity index (χ2n) is 9.67. The average Bonchev–Trinajstić information content (AvgIpc) is 3.64. The Morgan fingerprint density at radius 3 is 2.77 bits per heavy atom. The van der Waals surface area contributed by atoms with Gasteiger partial charge in [0, 0.05) is 30.4 Å². The lowest BCUT2D eigenvalue weighted by Crippen LogP contribution is -2.56. The first-order valence-electron chi connectivity index (χ1n) is 12.9. The van der Waals surface area contributed by atoms with Crippen LogP contribution in [0, 0.1) is 5.92 Å². The molecule has 0 radical (unpaired) electrons. The Balaban J connectivity index is 1.42. The summed E-state index contributed by atoms with van der Waals surface area (Å²) in [5.41, 5.74) is 0.901. The summed E-state index contributed by atoms with van der Waals surface area (Å²) < 4.78 is 10.5. The fourth-order valence-electron chi connectivity index (χ4n) is 4.65. The molecule has 0 saturated carbocycles. The van der Waals surface area contributed by atoms with E-state index in [4.69, 9.17) is 21.1 Å². The minimum absolute atomic E-state index is 0.000652. The molecule has 11 nitrogen and oxygen atoms in total. The van der Waals surface area contributed by atoms with Crippen molar-refractivity contribution < 1.29 is 28.7 Å². The SMILES string of the molecule is CCO[C@@H]1OC(=O)C[C@H]1NC(=O)[C@@H]1CCCN1C(=O)[C@@H](NC(=O)c1ccc(Nc2nccs2)cc1Cl)C(C)C. The number of likely N-dealkylation sites (tertiary alicyclic amines) is 1. The van der Waals surface area contributed by atoms with E-state index >= 15 is 0 Å². The van der Waals surface area contributed by atoms with Crippen molar-refractivity contribution in [1.29, 1.82) is 0 Å². The average molecular weight is 578 g/mol. The number of hydrogen-bond acceptors (Lipinski definition) is 9. The van der Waals surface area contributed by atoms with Crippen LogP contribution in [-0.2, 0) is 23.9 Å². The van der Waals surface area contributed by atoms with Gasteiger partial charge < -0.3 is 30.3 Å². The second kappa shape index (κ2) is 12.8. The molecule has 2 aliphatic rings. The van der Waals surface area contributed by atoms with Crippen molar-refractivity contribution in [2.24, 2.45) is 5.92 Å². The summed E-state index contributed by atoms with van der Waals surface area (Å²) in [7, 11) is 0. The van der Waals surface area contributed by atoms with Crippen LogP contribution in [0.3, 0.4) is 0 Å². The van der Waals surface area contributed by atoms with Crippen molar-refractivity contribution >= 4 is 57.4 Å². The summed E-state index contributed by atoms with van der Waals surface area (Å²) in [5, 5.41) is 11.5. The van der Waals surface area contributed by atoms with Crippen LogP contribution in [0.25, 0.3) is 0 Å². The normalized spacial score (nSPS) is 21.5. The lowest BCUT2D eigenvalue weighted by Gasteiger charge is -2.31. The molecule has 13 heteroatoms. The molecule has 210 valence electrons. The van der Waals surface area contributed by atoms with Gasteiger partial charge in [0.05, 0.1) is 17.0 Å². The van der Waals surface area contributed by atoms with Gasteiger partial charge in [-0.1, -0.05) is 25.4 Å². The van der Waals surface area contributed by atoms with Crippen LogP contribution in [0.1, 0.15) is 50.4 Å². The number of esters is 1. The molecule has 3 amide bonds. The number of aromatic nitrogens is 1. The van der Waals surface area contributed by atoms with E-state index in [1.165, 1.54) is 16.2 Å². The van der Waals surface area contributed by atoms with Gasteiger partial charge in [-0.05, 0) is 43.9 Å². The number of benzene rings is 1. The number of rotatable bonds is 10. The minimum Gasteiger partial charge on any atom is -0.433 e. The number of nitrogens with zero attached hydrogens (tertiary/aromatic N) is 2. The van der Waals surface area contributed by atoms with Crippen LogP contribution in [0.2, 0.25) is 5.02 Å². The molecule has 0 spiro atoms. The van der Waals surface area contributed by atoms with Crippen molar-refractivity contribution in [3.8, 4) is 0 Å². The maximum atomic E-state index is 13.6. The van der Waals surface area contributed by atoms with Crippen LogP contribution in [0.5, 0.6) is 0 Å². The first-order valence-corrected chi connectivity index (χ1v) is 14.1. The van der Waals surface area contributed by atoms with Crippen molar-refractivity contribution in [3.63, 3.8) is 0 Å². The van der Waals surface area contributed by atoms with E-state index < -0.39 is 36.3 Å². The summed E-state index contributed by atoms with van der Waals surface area (Å²) in [6.45, 7) is 6.12. The Bertz CT molecular complexity index is 1210. The first-order chi connectivity index (χ1) is 18.7. The third-order valence-corrected chi connectivity index (χ3v) is 7.58. The van der Waals surface area contributed by atoms with E-state index in [1.54, 1.807) is 31.3 Å². The molecule has 2 aromatic rings. The molecular formula is C26H32ClN5O6S. The molecule has 1 aromatic carbocycles. The molecule has 39 heavy (non-hydrogen) atoms. The zero-order chi connectivity index (χ0) is 28.1. The first kappa shape index (κ1) is 28.8. The van der Waals surface area contributed by atoms with Gasteiger partial charge in [-0.25, -0.2) is 4.98 Å². The minimum atomic E-state index is -0.873. The van der Waals surface area contributed by atoms with Crippen LogP contribution in [-0.4, -0.2) is 71.1 Å². The number of thiazole rings is 1. The quantitative estimate of drug-likeness (QED) is 0.366. The van der Waals surface area contributed by atoms with Gasteiger partial charge >= 0.3 is 5.97 Å². The Hall–Kier alpha value is -3.22. The Morgan fingerprint density at radius 2 is 2.10 bits per heavy atom. The molecule has 2 fully saturated rings. The monoisotopic (exact) mass is 577 g/mol. The van der Waals surface area contributed by atoms with Crippen molar-refractivity contribution in [1.82, 2.24) is 20.5 Å². The third kappa shape index (κ3) is 6.87. The number of halogens is 1. The number of cyclic esters (lactones) is 1. The van der Waals surface area contributed by atoms with Crippen molar-refractivity contribution in [3.05, 3.63) is 40.4 Å². The highest BCUT2D eigenvalue weighted by Crippen LogP contribution is 2.26. The molecule has 2 aliphatic heterocycles. The van der Waals surface area contributed by atoms with Gasteiger partial charge in [-0.15, -0.1) is 11.3 Å². The molecule has 0 aliphatic carbocycles. The van der Waals surface area contributed by atoms with Gasteiger partial charge in [0.15, 0.2) is 5.13 Å². The van der Waals surface area contributed by atoms with Crippen molar-refractivity contribution in [2.45, 2.75) is 64.4 Å². The molecule has 3 heterocycles. The summed E-state index contributed by atoms with van der Waals surface area (Å²) in [5.74, 6) is -1.93. The number of hydrogen-bond donors (Lipinski definition) is 3. The highest BCUT2D eigenvalue weighted by molar-refractivity contribution is 7.13. The number of amides is 3. The molecule has 1 aromatic heterocycles. The van der Waals surface area contributed by atoms with Crippen LogP contribution in [0.4, 0.5) is 10.8 Å². The van der Waals surface area contributed by atoms with Gasteiger partial charge in [0.2, 0.25) is 18.1 Å². The summed E-state index contributed by atoms with van der Waals surface area (Å²) in [4.78, 5) is 57.3. The number of carbonyl (C=O) groups excluding carboxylic acids is 4. The lowest BCUT2D eigenvalue weighted by atomic mass is 10.0. The highest BCUT2D eigenvalue weighted by atomic mass is 35.5. The van der Waals surface area contributed by atoms with Crippen LogP contribution in [0.15, 0.2) is 29.8 Å². The largest absolute Gasteiger partial charge is 0.433 e. The van der Waals surface area contributed by atoms with E-state index in [1.807, 2.05) is 19.2 Å². The Labute approximate surface area is 235 Å². The van der Waals surface area contributed by atoms with Crippen LogP contribution >= 0.6 is 22.9 Å². The van der Waals surface area contributed by atoms with Gasteiger partial charge in [-0.3, -0.25) is 19.2 Å². The number of carbonyl (C=O) groups is 4. The topological polar surface area (TPSA) is 139 Å². The van der Waals surface area contributed by atoms with E-state index in [2.05, 4.69) is 20.9 Å². The van der Waals surface area contributed by atoms with E-state index in [-0.39, 0.29) is 34.7 Å². The van der Waals surface area contributed by atoms with Gasteiger partial charge in [0.1, 0.15) is 18.1 Å². The van der Waals surface area contributed by atoms with Gasteiger partial charge in [0.25, 0.3) is 5.91 Å². The molecule has 0 unspecified atom stereocenters. The van der Waals surface area contributed by atoms with E-state index in [0.29, 0.717) is 36.8 Å². The van der Waals surface area contributed by atoms with Gasteiger partial charge in [-0.2, -0.15) is 0 Å². The second-order valence-corrected chi connectivity index (χ2v) is 11.0. The third-order valence-electron chi connectivity index (χ3n) is 6.58. The number of nitrogens with one attached hydrogen (secondary N) is 3. The summed E-state index contributed by atoms with van der Waals surface area (Å²) in [6.07, 6.45) is 1.93. The number of ether oxygens (including phenoxy) is 2. The molecular weight excluding hydrogens is 546 g/mol. The predicted octanol–water partition coefficient (Wildman–Crippen LogP) is 3.08. The zero-order valence-electron chi connectivity index (χ0n) is 21.9. The number of anilines is 2. The molecule has 2 saturated heterocycles. The van der Waals surface area contributed by atoms with Crippen LogP contribution < -0.4 is 16.0 Å². The predicted molar refractivity (Wildman–Crippen MR) is 146 cm³/mol. The highest BCUT2D eigenvalue weighted by Gasteiger charge is 2.42. The fraction of sp³-hybridized carbons (Fsp3) is 0.500. The molecule has 4 rings (SSSR count). The fourth-order valence-corrected chi connectivity index (χ4v) is 5.46. The van der Waals surface area contributed by atoms with Crippen molar-refractivity contribution in [2.75, 3.05) is 18.5 Å². The molecule has 4 atom stereocenters. The summed E-state index contributed by atoms with van der Waals surface area (Å²) >= 11 is 7.85. The lowest BCUT2D eigenvalue weighted by molar-refractivity contribution is -0.164. The molecule has 0 bridgehead atoms. The maximum absolute atomic E-state index is 13.6. The zero-order valence-corrected chi connectivity index (χ0v) is 23.5. The Morgan fingerprint density at radius 1 is 1.31 bits per heavy atom. The molecule has 3 N–H and O–H groups in total. The Kier molecular flexibility index (Phi) is 9.41. The summed E-state index contributed by atoms with van der Waals surface area (Å²) in [6, 6.07) is 2.69. The van der Waals surface area contributed by atoms with E-state index in [9.17, 15) is 19.2 Å². The standard InChI is InChI=1S/C26H32ClN5O6S/c1-4-37-25-18(13-20(33)38-25)30-23(35)19-6-5-10-32(19)24(36)21(14(2)3)31-22(34)16-8-7-15(12-17(16)27)29-26-28-9-11-39-26/h7-9,11-12,14,18-19,21,25H,4-6,10,13H2,1-3H3,(H,28,29)(H,30,35)(H,31,34)/t18-,19+,21+,25-/m1/s1. The van der Waals surface area contributed by atoms with E-state index in [0.717, 1.165) is 0 Å². The smallest absolute Gasteiger partial charge is 0.310 e.